The largest absolute Gasteiger partial charge is 0.293 e. The monoisotopic (exact) mass is 295 g/mol. The number of Topliss-reactive ketones (excluding diaryl/α,β-unsaturated/α-hetero) is 1. The number of hydrogen-bond donors (Lipinski definition) is 0. The van der Waals surface area contributed by atoms with Gasteiger partial charge in [0.05, 0.1) is 20.3 Å². The number of thiophene rings is 1. The molecule has 2 aromatic rings. The van der Waals surface area contributed by atoms with Gasteiger partial charge in [0.1, 0.15) is 0 Å². The predicted molar refractivity (Wildman–Crippen MR) is 69.0 cm³/mol. The fourth-order valence-electron chi connectivity index (χ4n) is 1.43. The van der Waals surface area contributed by atoms with Crippen molar-refractivity contribution in [2.45, 2.75) is 12.8 Å². The quantitative estimate of drug-likeness (QED) is 0.804. The van der Waals surface area contributed by atoms with Crippen molar-refractivity contribution in [1.29, 1.82) is 0 Å². The number of ketones is 1. The zero-order valence-corrected chi connectivity index (χ0v) is 11.1. The Morgan fingerprint density at radius 1 is 1.38 bits per heavy atom. The Bertz CT molecular complexity index is 495. The Morgan fingerprint density at radius 2 is 2.19 bits per heavy atom. The normalized spacial score (nSPS) is 12.4. The molecule has 2 heterocycles. The van der Waals surface area contributed by atoms with Crippen LogP contribution in [0.5, 0.6) is 0 Å². The first kappa shape index (κ1) is 11.5. The summed E-state index contributed by atoms with van der Waals surface area (Å²) < 4.78 is 0.976. The van der Waals surface area contributed by atoms with E-state index in [1.165, 1.54) is 11.3 Å². The third-order valence-electron chi connectivity index (χ3n) is 2.34. The highest BCUT2D eigenvalue weighted by Crippen LogP contribution is 2.27. The molecule has 0 radical (unpaired) electrons. The van der Waals surface area contributed by atoms with Crippen molar-refractivity contribution >= 4 is 33.0 Å². The van der Waals surface area contributed by atoms with Crippen molar-refractivity contribution in [2.75, 3.05) is 0 Å². The SMILES string of the molecule is CC(C(=O)c1ccc(Br)s1)c1ccccn1. The number of nitrogens with zero attached hydrogens (tertiary/aromatic N) is 1. The highest BCUT2D eigenvalue weighted by molar-refractivity contribution is 9.11. The molecule has 0 saturated heterocycles. The van der Waals surface area contributed by atoms with E-state index < -0.39 is 0 Å². The molecule has 16 heavy (non-hydrogen) atoms. The van der Waals surface area contributed by atoms with Crippen LogP contribution in [0.25, 0.3) is 0 Å². The number of carbonyl (C=O) groups is 1. The summed E-state index contributed by atoms with van der Waals surface area (Å²) in [5, 5.41) is 0. The molecule has 0 aromatic carbocycles. The van der Waals surface area contributed by atoms with Crippen molar-refractivity contribution < 1.29 is 4.79 Å². The topological polar surface area (TPSA) is 30.0 Å². The van der Waals surface area contributed by atoms with Crippen LogP contribution in [0, 0.1) is 0 Å². The summed E-state index contributed by atoms with van der Waals surface area (Å²) in [4.78, 5) is 17.1. The van der Waals surface area contributed by atoms with Crippen LogP contribution in [0.1, 0.15) is 28.2 Å². The molecule has 0 aliphatic rings. The van der Waals surface area contributed by atoms with Crippen LogP contribution in [0.2, 0.25) is 0 Å². The summed E-state index contributed by atoms with van der Waals surface area (Å²) in [5.41, 5.74) is 0.817. The number of halogens is 1. The number of hydrogen-bond acceptors (Lipinski definition) is 3. The van der Waals surface area contributed by atoms with Gasteiger partial charge in [-0.2, -0.15) is 0 Å². The maximum atomic E-state index is 12.1. The van der Waals surface area contributed by atoms with Gasteiger partial charge in [-0.1, -0.05) is 6.07 Å². The number of pyridine rings is 1. The second-order valence-corrected chi connectivity index (χ2v) is 5.91. The first-order valence-electron chi connectivity index (χ1n) is 4.89. The van der Waals surface area contributed by atoms with Crippen molar-refractivity contribution in [2.24, 2.45) is 0 Å². The molecule has 0 saturated carbocycles. The van der Waals surface area contributed by atoms with Gasteiger partial charge >= 0.3 is 0 Å². The van der Waals surface area contributed by atoms with Gasteiger partial charge in [0, 0.05) is 6.20 Å². The van der Waals surface area contributed by atoms with E-state index in [4.69, 9.17) is 0 Å². The lowest BCUT2D eigenvalue weighted by atomic mass is 10.0. The molecule has 4 heteroatoms. The minimum atomic E-state index is -0.188. The molecule has 1 atom stereocenters. The third-order valence-corrected chi connectivity index (χ3v) is 3.98. The number of carbonyl (C=O) groups excluding carboxylic acids is 1. The Labute approximate surface area is 106 Å². The van der Waals surface area contributed by atoms with Crippen LogP contribution < -0.4 is 0 Å². The minimum absolute atomic E-state index is 0.120. The van der Waals surface area contributed by atoms with Gasteiger partial charge in [0.25, 0.3) is 0 Å². The fourth-order valence-corrected chi connectivity index (χ4v) is 2.84. The van der Waals surface area contributed by atoms with Gasteiger partial charge in [-0.25, -0.2) is 0 Å². The number of aromatic nitrogens is 1. The average molecular weight is 296 g/mol. The Morgan fingerprint density at radius 3 is 2.75 bits per heavy atom. The lowest BCUT2D eigenvalue weighted by Crippen LogP contribution is -2.09. The summed E-state index contributed by atoms with van der Waals surface area (Å²) in [5.74, 6) is -0.0684. The molecule has 0 N–H and O–H groups in total. The molecule has 0 fully saturated rings. The van der Waals surface area contributed by atoms with Crippen LogP contribution >= 0.6 is 27.3 Å². The van der Waals surface area contributed by atoms with Gasteiger partial charge < -0.3 is 0 Å². The highest BCUT2D eigenvalue weighted by atomic mass is 79.9. The van der Waals surface area contributed by atoms with E-state index in [0.717, 1.165) is 14.4 Å². The van der Waals surface area contributed by atoms with E-state index >= 15 is 0 Å². The Hall–Kier alpha value is -1.00. The molecule has 0 bridgehead atoms. The van der Waals surface area contributed by atoms with Crippen molar-refractivity contribution in [3.63, 3.8) is 0 Å². The van der Waals surface area contributed by atoms with Gasteiger partial charge in [-0.15, -0.1) is 11.3 Å². The third kappa shape index (κ3) is 2.39. The van der Waals surface area contributed by atoms with E-state index in [-0.39, 0.29) is 11.7 Å². The van der Waals surface area contributed by atoms with Crippen molar-refractivity contribution in [1.82, 2.24) is 4.98 Å². The molecule has 2 rings (SSSR count). The maximum absolute atomic E-state index is 12.1. The molecule has 2 aromatic heterocycles. The zero-order chi connectivity index (χ0) is 11.5. The van der Waals surface area contributed by atoms with Crippen molar-refractivity contribution in [3.05, 3.63) is 50.9 Å². The molecule has 2 nitrogen and oxygen atoms in total. The Kier molecular flexibility index (Phi) is 3.51. The lowest BCUT2D eigenvalue weighted by molar-refractivity contribution is 0.0968. The Balaban J connectivity index is 2.23. The van der Waals surface area contributed by atoms with Crippen LogP contribution in [0.15, 0.2) is 40.3 Å². The lowest BCUT2D eigenvalue weighted by Gasteiger charge is -2.07. The summed E-state index contributed by atoms with van der Waals surface area (Å²) in [7, 11) is 0. The molecular formula is C12H10BrNOS. The molecule has 1 unspecified atom stereocenters. The van der Waals surface area contributed by atoms with Crippen LogP contribution in [0.4, 0.5) is 0 Å². The fraction of sp³-hybridized carbons (Fsp3) is 0.167. The van der Waals surface area contributed by atoms with E-state index in [1.54, 1.807) is 6.20 Å². The van der Waals surface area contributed by atoms with E-state index in [1.807, 2.05) is 37.3 Å². The predicted octanol–water partition coefficient (Wildman–Crippen LogP) is 3.89. The maximum Gasteiger partial charge on any atom is 0.181 e. The second-order valence-electron chi connectivity index (χ2n) is 3.44. The molecule has 0 aliphatic heterocycles. The molecular weight excluding hydrogens is 286 g/mol. The first-order valence-corrected chi connectivity index (χ1v) is 6.50. The van der Waals surface area contributed by atoms with Gasteiger partial charge in [0.15, 0.2) is 5.78 Å². The average Bonchev–Trinajstić information content (AvgIpc) is 2.75. The van der Waals surface area contributed by atoms with Gasteiger partial charge in [0.2, 0.25) is 0 Å². The zero-order valence-electron chi connectivity index (χ0n) is 8.68. The van der Waals surface area contributed by atoms with Crippen molar-refractivity contribution in [3.8, 4) is 0 Å². The summed E-state index contributed by atoms with van der Waals surface area (Å²) in [6, 6.07) is 9.36. The number of rotatable bonds is 3. The summed E-state index contributed by atoms with van der Waals surface area (Å²) in [6.45, 7) is 1.89. The van der Waals surface area contributed by atoms with E-state index in [2.05, 4.69) is 20.9 Å². The van der Waals surface area contributed by atoms with Gasteiger partial charge in [-0.3, -0.25) is 9.78 Å². The first-order chi connectivity index (χ1) is 7.68. The molecule has 0 aliphatic carbocycles. The second kappa shape index (κ2) is 4.89. The smallest absolute Gasteiger partial charge is 0.181 e. The summed E-state index contributed by atoms with van der Waals surface area (Å²) in [6.07, 6.45) is 1.71. The standard InChI is InChI=1S/C12H10BrNOS/c1-8(9-4-2-3-7-14-9)12(15)10-5-6-11(13)16-10/h2-8H,1H3. The van der Waals surface area contributed by atoms with E-state index in [0.29, 0.717) is 0 Å². The van der Waals surface area contributed by atoms with Crippen LogP contribution in [-0.4, -0.2) is 10.8 Å². The minimum Gasteiger partial charge on any atom is -0.293 e. The molecule has 0 spiro atoms. The molecule has 0 amide bonds. The summed E-state index contributed by atoms with van der Waals surface area (Å²) >= 11 is 4.81. The highest BCUT2D eigenvalue weighted by Gasteiger charge is 2.19. The van der Waals surface area contributed by atoms with E-state index in [9.17, 15) is 4.79 Å². The van der Waals surface area contributed by atoms with Crippen LogP contribution in [-0.2, 0) is 0 Å². The molecule has 82 valence electrons. The van der Waals surface area contributed by atoms with Crippen LogP contribution in [0.3, 0.4) is 0 Å². The van der Waals surface area contributed by atoms with Gasteiger partial charge in [-0.05, 0) is 47.1 Å².